The molecule has 0 radical (unpaired) electrons. The van der Waals surface area contributed by atoms with Crippen molar-refractivity contribution in [1.82, 2.24) is 5.32 Å². The Labute approximate surface area is 122 Å². The average molecular weight is 295 g/mol. The highest BCUT2D eigenvalue weighted by molar-refractivity contribution is 5.85. The van der Waals surface area contributed by atoms with Crippen LogP contribution in [-0.4, -0.2) is 45.4 Å². The van der Waals surface area contributed by atoms with Crippen molar-refractivity contribution in [1.29, 1.82) is 0 Å². The highest BCUT2D eigenvalue weighted by Gasteiger charge is 2.24. The Morgan fingerprint density at radius 1 is 1.32 bits per heavy atom. The predicted molar refractivity (Wildman–Crippen MR) is 77.5 cm³/mol. The van der Waals surface area contributed by atoms with E-state index in [9.17, 15) is 4.79 Å². The van der Waals surface area contributed by atoms with E-state index in [1.807, 2.05) is 0 Å². The van der Waals surface area contributed by atoms with Crippen LogP contribution in [0.15, 0.2) is 0 Å². The third-order valence-corrected chi connectivity index (χ3v) is 3.28. The van der Waals surface area contributed by atoms with E-state index in [-0.39, 0.29) is 30.3 Å². The van der Waals surface area contributed by atoms with Gasteiger partial charge >= 0.3 is 0 Å². The molecule has 0 bridgehead atoms. The average Bonchev–Trinajstić information content (AvgIpc) is 2.37. The Hall–Kier alpha value is -0.360. The zero-order valence-electron chi connectivity index (χ0n) is 11.7. The summed E-state index contributed by atoms with van der Waals surface area (Å²) in [6.07, 6.45) is 4.77. The van der Waals surface area contributed by atoms with Crippen molar-refractivity contribution in [2.45, 2.75) is 38.1 Å². The maximum absolute atomic E-state index is 11.9. The first-order valence-corrected chi connectivity index (χ1v) is 6.84. The maximum Gasteiger partial charge on any atom is 0.223 e. The van der Waals surface area contributed by atoms with Gasteiger partial charge in [-0.25, -0.2) is 0 Å². The van der Waals surface area contributed by atoms with Crippen LogP contribution in [0.1, 0.15) is 32.1 Å². The normalized spacial score (nSPS) is 22.6. The summed E-state index contributed by atoms with van der Waals surface area (Å²) in [5.74, 6) is 0.269. The van der Waals surface area contributed by atoms with Gasteiger partial charge in [0.15, 0.2) is 0 Å². The Morgan fingerprint density at radius 2 is 2.11 bits per heavy atom. The summed E-state index contributed by atoms with van der Waals surface area (Å²) < 4.78 is 10.2. The van der Waals surface area contributed by atoms with E-state index < -0.39 is 0 Å². The van der Waals surface area contributed by atoms with Gasteiger partial charge in [-0.15, -0.1) is 12.4 Å². The van der Waals surface area contributed by atoms with E-state index in [4.69, 9.17) is 15.2 Å². The monoisotopic (exact) mass is 294 g/mol. The van der Waals surface area contributed by atoms with E-state index in [0.717, 1.165) is 32.1 Å². The van der Waals surface area contributed by atoms with E-state index >= 15 is 0 Å². The highest BCUT2D eigenvalue weighted by Crippen LogP contribution is 2.22. The fourth-order valence-corrected chi connectivity index (χ4v) is 2.24. The second kappa shape index (κ2) is 11.5. The molecule has 2 atom stereocenters. The lowest BCUT2D eigenvalue weighted by molar-refractivity contribution is -0.126. The van der Waals surface area contributed by atoms with Gasteiger partial charge in [0.05, 0.1) is 13.2 Å². The number of amides is 1. The predicted octanol–water partition coefficient (Wildman–Crippen LogP) is 1.09. The number of nitrogens with two attached hydrogens (primary N) is 1. The molecular weight excluding hydrogens is 268 g/mol. The van der Waals surface area contributed by atoms with Gasteiger partial charge in [-0.05, 0) is 25.7 Å². The Morgan fingerprint density at radius 3 is 2.79 bits per heavy atom. The molecule has 1 fully saturated rings. The molecule has 0 aromatic rings. The van der Waals surface area contributed by atoms with E-state index in [1.54, 1.807) is 7.11 Å². The van der Waals surface area contributed by atoms with Gasteiger partial charge in [-0.3, -0.25) is 4.79 Å². The molecule has 0 aromatic carbocycles. The van der Waals surface area contributed by atoms with Crippen molar-refractivity contribution < 1.29 is 14.3 Å². The Kier molecular flexibility index (Phi) is 11.2. The van der Waals surface area contributed by atoms with Crippen LogP contribution < -0.4 is 11.1 Å². The number of carbonyl (C=O) groups is 1. The number of rotatable bonds is 8. The SMILES string of the molecule is COCCOCCCNC(=O)C1CCCC(N)C1.Cl. The molecular formula is C13H27ClN2O3. The minimum Gasteiger partial charge on any atom is -0.382 e. The van der Waals surface area contributed by atoms with Crippen LogP contribution in [0.2, 0.25) is 0 Å². The van der Waals surface area contributed by atoms with E-state index in [2.05, 4.69) is 5.32 Å². The second-order valence-corrected chi connectivity index (χ2v) is 4.87. The van der Waals surface area contributed by atoms with Gasteiger partial charge in [-0.2, -0.15) is 0 Å². The summed E-state index contributed by atoms with van der Waals surface area (Å²) in [6, 6.07) is 0.201. The molecule has 5 nitrogen and oxygen atoms in total. The zero-order chi connectivity index (χ0) is 13.2. The number of carbonyl (C=O) groups excluding carboxylic acids is 1. The molecule has 6 heteroatoms. The number of halogens is 1. The fourth-order valence-electron chi connectivity index (χ4n) is 2.24. The van der Waals surface area contributed by atoms with E-state index in [0.29, 0.717) is 26.4 Å². The third kappa shape index (κ3) is 8.42. The summed E-state index contributed by atoms with van der Waals surface area (Å²) in [5, 5.41) is 2.96. The van der Waals surface area contributed by atoms with Gasteiger partial charge in [-0.1, -0.05) is 6.42 Å². The van der Waals surface area contributed by atoms with Crippen molar-refractivity contribution in [3.63, 3.8) is 0 Å². The van der Waals surface area contributed by atoms with Gasteiger partial charge in [0.2, 0.25) is 5.91 Å². The maximum atomic E-state index is 11.9. The molecule has 2 unspecified atom stereocenters. The first-order chi connectivity index (χ1) is 8.74. The number of hydrogen-bond acceptors (Lipinski definition) is 4. The molecule has 1 aliphatic carbocycles. The smallest absolute Gasteiger partial charge is 0.223 e. The molecule has 19 heavy (non-hydrogen) atoms. The van der Waals surface area contributed by atoms with Crippen molar-refractivity contribution in [3.05, 3.63) is 0 Å². The van der Waals surface area contributed by atoms with Gasteiger partial charge < -0.3 is 20.5 Å². The lowest BCUT2D eigenvalue weighted by Gasteiger charge is -2.25. The molecule has 1 saturated carbocycles. The number of hydrogen-bond donors (Lipinski definition) is 2. The minimum atomic E-state index is 0. The number of ether oxygens (including phenoxy) is 2. The van der Waals surface area contributed by atoms with Crippen molar-refractivity contribution in [3.8, 4) is 0 Å². The quantitative estimate of drug-likeness (QED) is 0.657. The second-order valence-electron chi connectivity index (χ2n) is 4.87. The zero-order valence-corrected chi connectivity index (χ0v) is 12.5. The molecule has 114 valence electrons. The number of nitrogens with one attached hydrogen (secondary N) is 1. The van der Waals surface area contributed by atoms with Crippen LogP contribution >= 0.6 is 12.4 Å². The molecule has 1 rings (SSSR count). The van der Waals surface area contributed by atoms with Crippen LogP contribution in [0.3, 0.4) is 0 Å². The molecule has 0 aliphatic heterocycles. The van der Waals surface area contributed by atoms with Gasteiger partial charge in [0.1, 0.15) is 0 Å². The third-order valence-electron chi connectivity index (χ3n) is 3.28. The van der Waals surface area contributed by atoms with Crippen LogP contribution in [-0.2, 0) is 14.3 Å². The molecule has 3 N–H and O–H groups in total. The summed E-state index contributed by atoms with van der Waals surface area (Å²) >= 11 is 0. The van der Waals surface area contributed by atoms with Crippen LogP contribution in [0.5, 0.6) is 0 Å². The summed E-state index contributed by atoms with van der Waals surface area (Å²) in [6.45, 7) is 2.57. The molecule has 1 amide bonds. The van der Waals surface area contributed by atoms with Gasteiger partial charge in [0, 0.05) is 32.2 Å². The van der Waals surface area contributed by atoms with Crippen LogP contribution in [0.4, 0.5) is 0 Å². The first kappa shape index (κ1) is 18.6. The molecule has 0 heterocycles. The minimum absolute atomic E-state index is 0. The molecule has 0 saturated heterocycles. The van der Waals surface area contributed by atoms with Crippen molar-refractivity contribution in [2.75, 3.05) is 33.5 Å². The van der Waals surface area contributed by atoms with Crippen LogP contribution in [0, 0.1) is 5.92 Å². The molecule has 0 spiro atoms. The van der Waals surface area contributed by atoms with Crippen molar-refractivity contribution >= 4 is 18.3 Å². The number of methoxy groups -OCH3 is 1. The summed E-state index contributed by atoms with van der Waals surface area (Å²) in [4.78, 5) is 11.9. The Bertz CT molecular complexity index is 242. The van der Waals surface area contributed by atoms with Gasteiger partial charge in [0.25, 0.3) is 0 Å². The summed E-state index contributed by atoms with van der Waals surface area (Å²) in [5.41, 5.74) is 5.87. The van der Waals surface area contributed by atoms with E-state index in [1.165, 1.54) is 0 Å². The fraction of sp³-hybridized carbons (Fsp3) is 0.923. The molecule has 0 aromatic heterocycles. The molecule has 1 aliphatic rings. The standard InChI is InChI=1S/C13H26N2O3.ClH/c1-17-8-9-18-7-3-6-15-13(16)11-4-2-5-12(14)10-11;/h11-12H,2-10,14H2,1H3,(H,15,16);1H. The summed E-state index contributed by atoms with van der Waals surface area (Å²) in [7, 11) is 1.65. The lowest BCUT2D eigenvalue weighted by atomic mass is 9.85. The topological polar surface area (TPSA) is 73.6 Å². The Balaban J connectivity index is 0.00000324. The highest BCUT2D eigenvalue weighted by atomic mass is 35.5. The largest absolute Gasteiger partial charge is 0.382 e. The first-order valence-electron chi connectivity index (χ1n) is 6.84. The lowest BCUT2D eigenvalue weighted by Crippen LogP contribution is -2.38. The van der Waals surface area contributed by atoms with Crippen molar-refractivity contribution in [2.24, 2.45) is 11.7 Å². The van der Waals surface area contributed by atoms with Crippen LogP contribution in [0.25, 0.3) is 0 Å².